The van der Waals surface area contributed by atoms with Crippen molar-refractivity contribution >= 4 is 28.4 Å². The maximum Gasteiger partial charge on any atom is 0.320 e. The number of sulfonamides is 1. The molecule has 28 heavy (non-hydrogen) atoms. The van der Waals surface area contributed by atoms with Gasteiger partial charge in [-0.05, 0) is 45.0 Å². The van der Waals surface area contributed by atoms with Crippen LogP contribution in [0.5, 0.6) is 0 Å². The third kappa shape index (κ3) is 6.60. The molecule has 0 amide bonds. The molecule has 2 aromatic carbocycles. The first-order valence-electron chi connectivity index (χ1n) is 8.77. The van der Waals surface area contributed by atoms with E-state index in [0.717, 1.165) is 11.1 Å². The number of nitrogens with one attached hydrogen (secondary N) is 1. The van der Waals surface area contributed by atoms with Crippen molar-refractivity contribution in [3.63, 3.8) is 0 Å². The van der Waals surface area contributed by atoms with Gasteiger partial charge in [0, 0.05) is 12.6 Å². The molecule has 0 spiro atoms. The molecule has 0 aromatic heterocycles. The van der Waals surface area contributed by atoms with Crippen molar-refractivity contribution in [1.29, 1.82) is 0 Å². The highest BCUT2D eigenvalue weighted by Gasteiger charge is 2.23. The Balaban J connectivity index is 0.00000392. The zero-order valence-corrected chi connectivity index (χ0v) is 17.8. The molecule has 0 aliphatic rings. The first-order chi connectivity index (χ1) is 12.7. The van der Waals surface area contributed by atoms with E-state index in [1.165, 1.54) is 0 Å². The monoisotopic (exact) mass is 426 g/mol. The normalized spacial score (nSPS) is 13.6. The van der Waals surface area contributed by atoms with Crippen molar-refractivity contribution < 1.29 is 18.3 Å². The number of carboxylic acids is 1. The van der Waals surface area contributed by atoms with Gasteiger partial charge in [0.25, 0.3) is 0 Å². The van der Waals surface area contributed by atoms with Crippen LogP contribution >= 0.6 is 12.4 Å². The maximum absolute atomic E-state index is 12.8. The molecule has 0 aliphatic carbocycles. The van der Waals surface area contributed by atoms with E-state index in [-0.39, 0.29) is 17.3 Å². The van der Waals surface area contributed by atoms with Gasteiger partial charge in [-0.25, -0.2) is 13.1 Å². The minimum atomic E-state index is -3.69. The molecule has 6 nitrogen and oxygen atoms in total. The van der Waals surface area contributed by atoms with Gasteiger partial charge in [0.1, 0.15) is 6.04 Å². The second-order valence-electron chi connectivity index (χ2n) is 6.68. The summed E-state index contributed by atoms with van der Waals surface area (Å²) in [4.78, 5) is 13.0. The van der Waals surface area contributed by atoms with E-state index in [2.05, 4.69) is 4.72 Å². The number of aryl methyl sites for hydroxylation is 1. The van der Waals surface area contributed by atoms with E-state index < -0.39 is 28.1 Å². The third-order valence-electron chi connectivity index (χ3n) is 4.62. The van der Waals surface area contributed by atoms with Crippen molar-refractivity contribution in [2.45, 2.75) is 37.2 Å². The van der Waals surface area contributed by atoms with Crippen LogP contribution in [0.15, 0.2) is 59.5 Å². The third-order valence-corrected chi connectivity index (χ3v) is 6.11. The number of benzene rings is 2. The predicted octanol–water partition coefficient (Wildman–Crippen LogP) is 3.23. The van der Waals surface area contributed by atoms with Gasteiger partial charge >= 0.3 is 5.97 Å². The van der Waals surface area contributed by atoms with Gasteiger partial charge in [0.05, 0.1) is 4.90 Å². The predicted molar refractivity (Wildman–Crippen MR) is 112 cm³/mol. The van der Waals surface area contributed by atoms with Gasteiger partial charge < -0.3 is 5.11 Å². The average Bonchev–Trinajstić information content (AvgIpc) is 2.65. The first kappa shape index (κ1) is 24.1. The van der Waals surface area contributed by atoms with Crippen molar-refractivity contribution in [1.82, 2.24) is 9.62 Å². The second-order valence-corrected chi connectivity index (χ2v) is 8.40. The molecule has 0 radical (unpaired) electrons. The molecule has 154 valence electrons. The molecule has 2 aromatic rings. The minimum Gasteiger partial charge on any atom is -0.480 e. The van der Waals surface area contributed by atoms with Crippen LogP contribution in [0.2, 0.25) is 0 Å². The fraction of sp³-hybridized carbons (Fsp3) is 0.350. The van der Waals surface area contributed by atoms with E-state index in [4.69, 9.17) is 5.11 Å². The lowest BCUT2D eigenvalue weighted by molar-refractivity contribution is -0.142. The van der Waals surface area contributed by atoms with Crippen molar-refractivity contribution in [2.75, 3.05) is 13.6 Å². The second kappa shape index (κ2) is 10.6. The number of carbonyl (C=O) groups is 1. The quantitative estimate of drug-likeness (QED) is 0.642. The summed E-state index contributed by atoms with van der Waals surface area (Å²) in [6.07, 6.45) is 0.448. The summed E-state index contributed by atoms with van der Waals surface area (Å²) in [5, 5.41) is 9.14. The summed E-state index contributed by atoms with van der Waals surface area (Å²) in [6.45, 7) is 3.94. The average molecular weight is 427 g/mol. The molecule has 2 N–H and O–H groups in total. The van der Waals surface area contributed by atoms with E-state index in [9.17, 15) is 13.2 Å². The lowest BCUT2D eigenvalue weighted by Gasteiger charge is -2.25. The Bertz CT molecular complexity index is 858. The standard InChI is InChI=1S/C20H26N2O4S.ClH/c1-15-9-11-18(12-10-15)27(25,26)21-19(17-7-5-4-6-8-17)13-14-22(3)16(2)20(23)24;/h4-12,16,19,21H,13-14H2,1-3H3,(H,23,24);1H. The number of halogens is 1. The smallest absolute Gasteiger partial charge is 0.320 e. The van der Waals surface area contributed by atoms with Crippen LogP contribution in [0.1, 0.15) is 30.5 Å². The Morgan fingerprint density at radius 1 is 1.11 bits per heavy atom. The van der Waals surface area contributed by atoms with Crippen molar-refractivity contribution in [3.8, 4) is 0 Å². The highest BCUT2D eigenvalue weighted by Crippen LogP contribution is 2.21. The Labute approximate surface area is 173 Å². The van der Waals surface area contributed by atoms with Gasteiger partial charge in [0.15, 0.2) is 0 Å². The minimum absolute atomic E-state index is 0. The number of rotatable bonds is 9. The molecular weight excluding hydrogens is 400 g/mol. The fourth-order valence-corrected chi connectivity index (χ4v) is 3.93. The van der Waals surface area contributed by atoms with Crippen LogP contribution < -0.4 is 4.72 Å². The van der Waals surface area contributed by atoms with E-state index >= 15 is 0 Å². The maximum atomic E-state index is 12.8. The molecule has 0 heterocycles. The lowest BCUT2D eigenvalue weighted by atomic mass is 10.0. The Morgan fingerprint density at radius 2 is 1.68 bits per heavy atom. The zero-order valence-electron chi connectivity index (χ0n) is 16.2. The molecule has 0 saturated heterocycles. The molecule has 0 fully saturated rings. The van der Waals surface area contributed by atoms with Crippen molar-refractivity contribution in [3.05, 3.63) is 65.7 Å². The lowest BCUT2D eigenvalue weighted by Crippen LogP contribution is -2.38. The Kier molecular flexibility index (Phi) is 9.10. The SMILES string of the molecule is Cc1ccc(S(=O)(=O)NC(CCN(C)C(C)C(=O)O)c2ccccc2)cc1.Cl. The van der Waals surface area contributed by atoms with E-state index in [1.54, 1.807) is 43.1 Å². The van der Waals surface area contributed by atoms with E-state index in [1.807, 2.05) is 37.3 Å². The summed E-state index contributed by atoms with van der Waals surface area (Å²) in [5.41, 5.74) is 1.82. The van der Waals surface area contributed by atoms with Crippen LogP contribution in [0, 0.1) is 6.92 Å². The summed E-state index contributed by atoms with van der Waals surface area (Å²) < 4.78 is 28.4. The molecule has 2 atom stereocenters. The summed E-state index contributed by atoms with van der Waals surface area (Å²) in [6, 6.07) is 14.9. The first-order valence-corrected chi connectivity index (χ1v) is 10.3. The van der Waals surface area contributed by atoms with Gasteiger partial charge in [-0.2, -0.15) is 0 Å². The number of carboxylic acid groups (broad SMARTS) is 1. The van der Waals surface area contributed by atoms with Crippen LogP contribution in [-0.4, -0.2) is 44.0 Å². The molecule has 0 bridgehead atoms. The molecule has 0 aliphatic heterocycles. The number of likely N-dealkylation sites (N-methyl/N-ethyl adjacent to an activating group) is 1. The van der Waals surface area contributed by atoms with Crippen LogP contribution in [0.25, 0.3) is 0 Å². The molecule has 2 unspecified atom stereocenters. The Hall–Kier alpha value is -1.93. The van der Waals surface area contributed by atoms with Crippen LogP contribution in [-0.2, 0) is 14.8 Å². The van der Waals surface area contributed by atoms with E-state index in [0.29, 0.717) is 13.0 Å². The number of hydrogen-bond donors (Lipinski definition) is 2. The van der Waals surface area contributed by atoms with Gasteiger partial charge in [-0.3, -0.25) is 9.69 Å². The summed E-state index contributed by atoms with van der Waals surface area (Å²) in [5.74, 6) is -0.908. The molecule has 8 heteroatoms. The Morgan fingerprint density at radius 3 is 2.21 bits per heavy atom. The van der Waals surface area contributed by atoms with Crippen molar-refractivity contribution in [2.24, 2.45) is 0 Å². The topological polar surface area (TPSA) is 86.7 Å². The number of hydrogen-bond acceptors (Lipinski definition) is 4. The highest BCUT2D eigenvalue weighted by atomic mass is 35.5. The molecular formula is C20H27ClN2O4S. The van der Waals surface area contributed by atoms with Crippen LogP contribution in [0.4, 0.5) is 0 Å². The van der Waals surface area contributed by atoms with Crippen LogP contribution in [0.3, 0.4) is 0 Å². The molecule has 2 rings (SSSR count). The summed E-state index contributed by atoms with van der Waals surface area (Å²) >= 11 is 0. The van der Waals surface area contributed by atoms with Gasteiger partial charge in [0.2, 0.25) is 10.0 Å². The molecule has 0 saturated carbocycles. The number of aliphatic carboxylic acids is 1. The van der Waals surface area contributed by atoms with Gasteiger partial charge in [-0.1, -0.05) is 48.0 Å². The number of nitrogens with zero attached hydrogens (tertiary/aromatic N) is 1. The fourth-order valence-electron chi connectivity index (χ4n) is 2.67. The highest BCUT2D eigenvalue weighted by molar-refractivity contribution is 7.89. The van der Waals surface area contributed by atoms with Gasteiger partial charge in [-0.15, -0.1) is 12.4 Å². The largest absolute Gasteiger partial charge is 0.480 e. The summed E-state index contributed by atoms with van der Waals surface area (Å²) in [7, 11) is -1.98. The zero-order chi connectivity index (χ0) is 20.0.